The van der Waals surface area contributed by atoms with Gasteiger partial charge in [0.05, 0.1) is 6.10 Å². The molecule has 5 heteroatoms. The number of nitrogens with zero attached hydrogens (tertiary/aromatic N) is 2. The molecule has 0 aromatic carbocycles. The van der Waals surface area contributed by atoms with Gasteiger partial charge in [-0.25, -0.2) is 9.97 Å². The third-order valence-electron chi connectivity index (χ3n) is 4.39. The molecule has 1 heterocycles. The largest absolute Gasteiger partial charge is 0.378 e. The summed E-state index contributed by atoms with van der Waals surface area (Å²) in [5.41, 5.74) is 1.27. The second-order valence-corrected chi connectivity index (χ2v) is 5.85. The lowest BCUT2D eigenvalue weighted by Gasteiger charge is -2.52. The van der Waals surface area contributed by atoms with E-state index in [2.05, 4.69) is 48.3 Å². The molecule has 0 radical (unpaired) electrons. The number of anilines is 2. The minimum absolute atomic E-state index is 0.131. The number of rotatable bonds is 6. The first kappa shape index (κ1) is 15.0. The molecule has 1 aliphatic carbocycles. The standard InChI is InChI=1S/C15H26N4O/c1-6-10-13(16-5)17-9-18-14(10)19-11-8-12(20-7-2)15(11,3)4/h9,11-12H,6-8H2,1-5H3,(H2,16,17,18,19). The van der Waals surface area contributed by atoms with Crippen LogP contribution < -0.4 is 10.6 Å². The van der Waals surface area contributed by atoms with E-state index in [-0.39, 0.29) is 5.41 Å². The van der Waals surface area contributed by atoms with Gasteiger partial charge in [-0.15, -0.1) is 0 Å². The van der Waals surface area contributed by atoms with Gasteiger partial charge >= 0.3 is 0 Å². The van der Waals surface area contributed by atoms with Crippen LogP contribution in [0.5, 0.6) is 0 Å². The molecule has 1 aliphatic rings. The van der Waals surface area contributed by atoms with Crippen molar-refractivity contribution in [3.8, 4) is 0 Å². The number of ether oxygens (including phenoxy) is 1. The average Bonchev–Trinajstić information content (AvgIpc) is 2.45. The van der Waals surface area contributed by atoms with Crippen molar-refractivity contribution in [1.82, 2.24) is 9.97 Å². The van der Waals surface area contributed by atoms with Gasteiger partial charge in [-0.3, -0.25) is 0 Å². The van der Waals surface area contributed by atoms with Gasteiger partial charge in [0.15, 0.2) is 0 Å². The van der Waals surface area contributed by atoms with E-state index >= 15 is 0 Å². The first-order valence-electron chi connectivity index (χ1n) is 7.44. The van der Waals surface area contributed by atoms with Gasteiger partial charge in [0.25, 0.3) is 0 Å². The molecule has 1 aromatic rings. The molecule has 5 nitrogen and oxygen atoms in total. The summed E-state index contributed by atoms with van der Waals surface area (Å²) in [6.45, 7) is 9.45. The predicted octanol–water partition coefficient (Wildman–Crippen LogP) is 2.70. The van der Waals surface area contributed by atoms with E-state index in [1.807, 2.05) is 7.05 Å². The van der Waals surface area contributed by atoms with Crippen molar-refractivity contribution >= 4 is 11.6 Å². The van der Waals surface area contributed by atoms with Gasteiger partial charge < -0.3 is 15.4 Å². The Hall–Kier alpha value is -1.36. The van der Waals surface area contributed by atoms with Crippen LogP contribution in [0.25, 0.3) is 0 Å². The summed E-state index contributed by atoms with van der Waals surface area (Å²) < 4.78 is 5.78. The maximum Gasteiger partial charge on any atom is 0.134 e. The number of hydrogen-bond donors (Lipinski definition) is 2. The van der Waals surface area contributed by atoms with Gasteiger partial charge in [-0.05, 0) is 19.8 Å². The number of nitrogens with one attached hydrogen (secondary N) is 2. The Bertz CT molecular complexity index is 461. The second kappa shape index (κ2) is 5.95. The fourth-order valence-electron chi connectivity index (χ4n) is 2.87. The molecule has 0 aliphatic heterocycles. The van der Waals surface area contributed by atoms with Crippen LogP contribution in [-0.4, -0.2) is 35.8 Å². The highest BCUT2D eigenvalue weighted by atomic mass is 16.5. The molecule has 0 saturated heterocycles. The van der Waals surface area contributed by atoms with Crippen LogP contribution in [0.2, 0.25) is 0 Å². The molecule has 2 rings (SSSR count). The Morgan fingerprint density at radius 1 is 1.30 bits per heavy atom. The van der Waals surface area contributed by atoms with Crippen molar-refractivity contribution in [2.45, 2.75) is 52.7 Å². The Labute approximate surface area is 121 Å². The van der Waals surface area contributed by atoms with E-state index < -0.39 is 0 Å². The van der Waals surface area contributed by atoms with Crippen molar-refractivity contribution in [3.05, 3.63) is 11.9 Å². The summed E-state index contributed by atoms with van der Waals surface area (Å²) in [5.74, 6) is 1.85. The molecular weight excluding hydrogens is 252 g/mol. The van der Waals surface area contributed by atoms with E-state index in [4.69, 9.17) is 4.74 Å². The summed E-state index contributed by atoms with van der Waals surface area (Å²) >= 11 is 0. The lowest BCUT2D eigenvalue weighted by molar-refractivity contribution is -0.0976. The quantitative estimate of drug-likeness (QED) is 0.838. The van der Waals surface area contributed by atoms with Crippen LogP contribution in [0, 0.1) is 5.41 Å². The van der Waals surface area contributed by atoms with Crippen molar-refractivity contribution in [2.24, 2.45) is 5.41 Å². The Balaban J connectivity index is 2.12. The van der Waals surface area contributed by atoms with E-state index in [1.54, 1.807) is 6.33 Å². The van der Waals surface area contributed by atoms with Crippen LogP contribution in [-0.2, 0) is 11.2 Å². The van der Waals surface area contributed by atoms with Crippen LogP contribution in [0.4, 0.5) is 11.6 Å². The van der Waals surface area contributed by atoms with Crippen molar-refractivity contribution in [1.29, 1.82) is 0 Å². The molecule has 2 atom stereocenters. The molecule has 2 N–H and O–H groups in total. The molecule has 1 saturated carbocycles. The molecule has 2 unspecified atom stereocenters. The summed E-state index contributed by atoms with van der Waals surface area (Å²) in [6.07, 6.45) is 3.88. The maximum atomic E-state index is 5.78. The van der Waals surface area contributed by atoms with Gasteiger partial charge in [0, 0.05) is 30.7 Å². The zero-order valence-corrected chi connectivity index (χ0v) is 13.2. The molecule has 0 spiro atoms. The SMILES string of the molecule is CCOC1CC(Nc2ncnc(NC)c2CC)C1(C)C. The number of aromatic nitrogens is 2. The van der Waals surface area contributed by atoms with Gasteiger partial charge in [0.1, 0.15) is 18.0 Å². The molecule has 112 valence electrons. The summed E-state index contributed by atoms with van der Waals surface area (Å²) in [4.78, 5) is 8.69. The van der Waals surface area contributed by atoms with Gasteiger partial charge in [-0.2, -0.15) is 0 Å². The van der Waals surface area contributed by atoms with Gasteiger partial charge in [-0.1, -0.05) is 20.8 Å². The van der Waals surface area contributed by atoms with Crippen molar-refractivity contribution < 1.29 is 4.74 Å². The van der Waals surface area contributed by atoms with Crippen molar-refractivity contribution in [3.63, 3.8) is 0 Å². The van der Waals surface area contributed by atoms with E-state index in [1.165, 1.54) is 0 Å². The molecule has 1 fully saturated rings. The highest BCUT2D eigenvalue weighted by Gasteiger charge is 2.49. The van der Waals surface area contributed by atoms with Crippen LogP contribution in [0.1, 0.15) is 39.7 Å². The van der Waals surface area contributed by atoms with E-state index in [9.17, 15) is 0 Å². The highest BCUT2D eigenvalue weighted by Crippen LogP contribution is 2.44. The maximum absolute atomic E-state index is 5.78. The normalized spacial score (nSPS) is 24.1. The zero-order chi connectivity index (χ0) is 14.8. The summed E-state index contributed by atoms with van der Waals surface area (Å²) in [7, 11) is 1.89. The number of hydrogen-bond acceptors (Lipinski definition) is 5. The smallest absolute Gasteiger partial charge is 0.134 e. The first-order chi connectivity index (χ1) is 9.54. The van der Waals surface area contributed by atoms with E-state index in [0.717, 1.165) is 36.6 Å². The predicted molar refractivity (Wildman–Crippen MR) is 82.2 cm³/mol. The molecule has 20 heavy (non-hydrogen) atoms. The molecule has 0 bridgehead atoms. The lowest BCUT2D eigenvalue weighted by atomic mass is 9.64. The fourth-order valence-corrected chi connectivity index (χ4v) is 2.87. The lowest BCUT2D eigenvalue weighted by Crippen LogP contribution is -2.58. The third kappa shape index (κ3) is 2.59. The monoisotopic (exact) mass is 278 g/mol. The summed E-state index contributed by atoms with van der Waals surface area (Å²) in [5, 5.41) is 6.71. The third-order valence-corrected chi connectivity index (χ3v) is 4.39. The minimum atomic E-state index is 0.131. The Morgan fingerprint density at radius 2 is 2.00 bits per heavy atom. The van der Waals surface area contributed by atoms with Crippen LogP contribution in [0.15, 0.2) is 6.33 Å². The molecule has 0 amide bonds. The minimum Gasteiger partial charge on any atom is -0.378 e. The first-order valence-corrected chi connectivity index (χ1v) is 7.44. The molecular formula is C15H26N4O. The topological polar surface area (TPSA) is 59.1 Å². The Morgan fingerprint density at radius 3 is 2.55 bits per heavy atom. The molecule has 1 aromatic heterocycles. The highest BCUT2D eigenvalue weighted by molar-refractivity contribution is 5.57. The summed E-state index contributed by atoms with van der Waals surface area (Å²) in [6, 6.07) is 0.393. The van der Waals surface area contributed by atoms with Crippen LogP contribution >= 0.6 is 0 Å². The second-order valence-electron chi connectivity index (χ2n) is 5.85. The van der Waals surface area contributed by atoms with Crippen molar-refractivity contribution in [2.75, 3.05) is 24.3 Å². The van der Waals surface area contributed by atoms with Crippen LogP contribution in [0.3, 0.4) is 0 Å². The average molecular weight is 278 g/mol. The Kier molecular flexibility index (Phi) is 4.48. The van der Waals surface area contributed by atoms with Gasteiger partial charge in [0.2, 0.25) is 0 Å². The fraction of sp³-hybridized carbons (Fsp3) is 0.733. The van der Waals surface area contributed by atoms with E-state index in [0.29, 0.717) is 12.1 Å². The zero-order valence-electron chi connectivity index (χ0n) is 13.2.